The van der Waals surface area contributed by atoms with E-state index < -0.39 is 0 Å². The van der Waals surface area contributed by atoms with Gasteiger partial charge in [-0.25, -0.2) is 4.98 Å². The average molecular weight is 423 g/mol. The molecule has 7 heteroatoms. The van der Waals surface area contributed by atoms with E-state index in [9.17, 15) is 4.79 Å². The number of carbonyl (C=O) groups excluding carboxylic acids is 1. The van der Waals surface area contributed by atoms with E-state index in [1.54, 1.807) is 23.7 Å². The third-order valence-electron chi connectivity index (χ3n) is 5.37. The van der Waals surface area contributed by atoms with E-state index in [1.807, 2.05) is 48.2 Å². The second-order valence-electron chi connectivity index (χ2n) is 7.51. The van der Waals surface area contributed by atoms with E-state index in [0.717, 1.165) is 48.2 Å². The number of hydrogen-bond donors (Lipinski definition) is 0. The minimum atomic E-state index is 0.0752. The second-order valence-corrected chi connectivity index (χ2v) is 8.40. The van der Waals surface area contributed by atoms with Gasteiger partial charge in [-0.1, -0.05) is 6.07 Å². The summed E-state index contributed by atoms with van der Waals surface area (Å²) in [5.74, 6) is 0.819. The maximum absolute atomic E-state index is 12.9. The van der Waals surface area contributed by atoms with Gasteiger partial charge < -0.3 is 9.64 Å². The lowest BCUT2D eigenvalue weighted by atomic mass is 10.1. The lowest BCUT2D eigenvalue weighted by Crippen LogP contribution is -2.49. The molecule has 0 spiro atoms. The minimum absolute atomic E-state index is 0.0752. The van der Waals surface area contributed by atoms with Crippen LogP contribution in [0.4, 0.5) is 0 Å². The zero-order chi connectivity index (χ0) is 20.9. The van der Waals surface area contributed by atoms with Crippen molar-refractivity contribution in [2.75, 3.05) is 26.2 Å². The van der Waals surface area contributed by atoms with E-state index in [2.05, 4.69) is 27.2 Å². The first kappa shape index (κ1) is 20.5. The maximum Gasteiger partial charge on any atom is 0.253 e. The predicted molar refractivity (Wildman–Crippen MR) is 118 cm³/mol. The molecular formula is C23H26N4O2S. The first-order valence-electron chi connectivity index (χ1n) is 10.2. The van der Waals surface area contributed by atoms with Crippen molar-refractivity contribution >= 4 is 17.2 Å². The summed E-state index contributed by atoms with van der Waals surface area (Å²) in [6, 6.07) is 11.5. The Bertz CT molecular complexity index is 966. The molecule has 1 saturated heterocycles. The Morgan fingerprint density at radius 3 is 2.57 bits per heavy atom. The van der Waals surface area contributed by atoms with Crippen LogP contribution in [0.25, 0.3) is 0 Å². The molecule has 1 amide bonds. The number of piperazine rings is 1. The van der Waals surface area contributed by atoms with Gasteiger partial charge in [0.1, 0.15) is 17.4 Å². The Morgan fingerprint density at radius 2 is 1.93 bits per heavy atom. The third-order valence-corrected chi connectivity index (χ3v) is 6.51. The predicted octanol–water partition coefficient (Wildman–Crippen LogP) is 3.94. The van der Waals surface area contributed by atoms with E-state index in [4.69, 9.17) is 4.74 Å². The normalized spacial score (nSPS) is 15.7. The zero-order valence-electron chi connectivity index (χ0n) is 17.3. The van der Waals surface area contributed by atoms with E-state index >= 15 is 0 Å². The van der Waals surface area contributed by atoms with Gasteiger partial charge in [-0.3, -0.25) is 14.7 Å². The molecule has 0 aliphatic carbocycles. The Kier molecular flexibility index (Phi) is 6.40. The van der Waals surface area contributed by atoms with Crippen molar-refractivity contribution in [3.8, 4) is 5.75 Å². The molecule has 1 fully saturated rings. The fraction of sp³-hybridized carbons (Fsp3) is 0.348. The zero-order valence-corrected chi connectivity index (χ0v) is 18.1. The lowest BCUT2D eigenvalue weighted by Gasteiger charge is -2.37. The van der Waals surface area contributed by atoms with Crippen molar-refractivity contribution in [1.82, 2.24) is 19.8 Å². The van der Waals surface area contributed by atoms with Gasteiger partial charge in [0.15, 0.2) is 0 Å². The highest BCUT2D eigenvalue weighted by Gasteiger charge is 2.26. The number of pyridine rings is 1. The van der Waals surface area contributed by atoms with Crippen molar-refractivity contribution < 1.29 is 9.53 Å². The third kappa shape index (κ3) is 4.86. The van der Waals surface area contributed by atoms with Gasteiger partial charge in [0, 0.05) is 60.8 Å². The highest BCUT2D eigenvalue weighted by atomic mass is 32.1. The summed E-state index contributed by atoms with van der Waals surface area (Å²) in [4.78, 5) is 25.9. The Morgan fingerprint density at radius 1 is 1.17 bits per heavy atom. The molecule has 0 bridgehead atoms. The molecule has 1 aliphatic rings. The van der Waals surface area contributed by atoms with Gasteiger partial charge >= 0.3 is 0 Å². The molecule has 0 N–H and O–H groups in total. The molecule has 2 aromatic heterocycles. The van der Waals surface area contributed by atoms with Gasteiger partial charge in [-0.2, -0.15) is 0 Å². The van der Waals surface area contributed by atoms with Crippen molar-refractivity contribution in [2.45, 2.75) is 26.5 Å². The summed E-state index contributed by atoms with van der Waals surface area (Å²) in [7, 11) is 0. The molecule has 1 aliphatic heterocycles. The van der Waals surface area contributed by atoms with Crippen LogP contribution in [0.15, 0.2) is 54.2 Å². The van der Waals surface area contributed by atoms with Gasteiger partial charge in [0.25, 0.3) is 5.91 Å². The van der Waals surface area contributed by atoms with Crippen LogP contribution in [0.2, 0.25) is 0 Å². The molecule has 4 rings (SSSR count). The molecule has 0 radical (unpaired) electrons. The number of hydrogen-bond acceptors (Lipinski definition) is 6. The number of aromatic nitrogens is 2. The van der Waals surface area contributed by atoms with Gasteiger partial charge in [-0.15, -0.1) is 11.3 Å². The van der Waals surface area contributed by atoms with Crippen LogP contribution >= 0.6 is 11.3 Å². The van der Waals surface area contributed by atoms with Crippen LogP contribution < -0.4 is 4.74 Å². The molecular weight excluding hydrogens is 396 g/mol. The maximum atomic E-state index is 12.9. The number of carbonyl (C=O) groups is 1. The van der Waals surface area contributed by atoms with E-state index in [0.29, 0.717) is 12.2 Å². The molecule has 1 atom stereocenters. The van der Waals surface area contributed by atoms with Crippen molar-refractivity contribution in [3.63, 3.8) is 0 Å². The molecule has 1 unspecified atom stereocenters. The highest BCUT2D eigenvalue weighted by Crippen LogP contribution is 2.25. The Labute approximate surface area is 181 Å². The second kappa shape index (κ2) is 9.36. The van der Waals surface area contributed by atoms with Crippen LogP contribution in [0, 0.1) is 6.92 Å². The summed E-state index contributed by atoms with van der Waals surface area (Å²) in [6.45, 7) is 7.85. The number of aryl methyl sites for hydroxylation is 1. The molecule has 0 saturated carbocycles. The lowest BCUT2D eigenvalue weighted by molar-refractivity contribution is 0.0582. The summed E-state index contributed by atoms with van der Waals surface area (Å²) in [6.07, 6.45) is 3.53. The fourth-order valence-corrected chi connectivity index (χ4v) is 4.45. The van der Waals surface area contributed by atoms with Crippen LogP contribution in [0.5, 0.6) is 5.75 Å². The number of thiazole rings is 1. The summed E-state index contributed by atoms with van der Waals surface area (Å²) in [5, 5.41) is 3.24. The highest BCUT2D eigenvalue weighted by molar-refractivity contribution is 7.09. The van der Waals surface area contributed by atoms with Crippen molar-refractivity contribution in [1.29, 1.82) is 0 Å². The molecule has 3 heterocycles. The number of ether oxygens (including phenoxy) is 1. The Balaban J connectivity index is 1.29. The van der Waals surface area contributed by atoms with Crippen LogP contribution in [0.3, 0.4) is 0 Å². The summed E-state index contributed by atoms with van der Waals surface area (Å²) >= 11 is 1.71. The average Bonchev–Trinajstić information content (AvgIpc) is 3.24. The smallest absolute Gasteiger partial charge is 0.253 e. The number of benzene rings is 1. The number of amides is 1. The van der Waals surface area contributed by atoms with Crippen LogP contribution in [-0.4, -0.2) is 51.9 Å². The quantitative estimate of drug-likeness (QED) is 0.602. The topological polar surface area (TPSA) is 58.6 Å². The van der Waals surface area contributed by atoms with E-state index in [-0.39, 0.29) is 11.9 Å². The van der Waals surface area contributed by atoms with Crippen LogP contribution in [-0.2, 0) is 6.61 Å². The van der Waals surface area contributed by atoms with Crippen molar-refractivity contribution in [2.24, 2.45) is 0 Å². The number of nitrogens with zero attached hydrogens (tertiary/aromatic N) is 4. The molecule has 156 valence electrons. The largest absolute Gasteiger partial charge is 0.489 e. The van der Waals surface area contributed by atoms with Crippen molar-refractivity contribution in [3.05, 3.63) is 76.0 Å². The standard InChI is InChI=1S/C23H26N4O2S/c1-17-16-30-22(25-17)18(2)26-10-12-27(13-11-26)23(28)20-5-7-21(8-6-20)29-15-19-4-3-9-24-14-19/h3-9,14,16,18H,10-13,15H2,1-2H3. The molecule has 6 nitrogen and oxygen atoms in total. The molecule has 3 aromatic rings. The first-order valence-corrected chi connectivity index (χ1v) is 11.1. The first-order chi connectivity index (χ1) is 14.6. The SMILES string of the molecule is Cc1csc(C(C)N2CCN(C(=O)c3ccc(OCc4cccnc4)cc3)CC2)n1. The Hall–Kier alpha value is -2.77. The molecule has 1 aromatic carbocycles. The molecule has 30 heavy (non-hydrogen) atoms. The minimum Gasteiger partial charge on any atom is -0.489 e. The number of rotatable bonds is 6. The fourth-order valence-electron chi connectivity index (χ4n) is 3.56. The monoisotopic (exact) mass is 422 g/mol. The van der Waals surface area contributed by atoms with E-state index in [1.165, 1.54) is 0 Å². The summed E-state index contributed by atoms with van der Waals surface area (Å²) < 4.78 is 5.78. The van der Waals surface area contributed by atoms with Gasteiger partial charge in [-0.05, 0) is 44.2 Å². The van der Waals surface area contributed by atoms with Crippen LogP contribution in [0.1, 0.15) is 39.6 Å². The summed E-state index contributed by atoms with van der Waals surface area (Å²) in [5.41, 5.74) is 2.78. The van der Waals surface area contributed by atoms with Gasteiger partial charge in [0.2, 0.25) is 0 Å². The van der Waals surface area contributed by atoms with Gasteiger partial charge in [0.05, 0.1) is 6.04 Å².